The Morgan fingerprint density at radius 2 is 1.92 bits per heavy atom. The Labute approximate surface area is 71.6 Å². The van der Waals surface area contributed by atoms with Gasteiger partial charge in [0.15, 0.2) is 5.79 Å². The minimum atomic E-state index is -4.59. The Hall–Kier alpha value is 0.0700. The highest BCUT2D eigenvalue weighted by atomic mass is 31.2. The third-order valence-electron chi connectivity index (χ3n) is 1.10. The van der Waals surface area contributed by atoms with Gasteiger partial charge >= 0.3 is 7.82 Å². The van der Waals surface area contributed by atoms with Gasteiger partial charge in [0.05, 0.1) is 0 Å². The maximum Gasteiger partial charge on any atom is 0.472 e. The summed E-state index contributed by atoms with van der Waals surface area (Å²) in [5, 5.41) is 9.31. The highest BCUT2D eigenvalue weighted by molar-refractivity contribution is 7.46. The van der Waals surface area contributed by atoms with Crippen LogP contribution in [0.2, 0.25) is 0 Å². The van der Waals surface area contributed by atoms with E-state index in [0.29, 0.717) is 0 Å². The molecule has 1 unspecified atom stereocenters. The number of hydrogen-bond acceptors (Lipinski definition) is 3. The van der Waals surface area contributed by atoms with Crippen LogP contribution < -0.4 is 0 Å². The van der Waals surface area contributed by atoms with Gasteiger partial charge in [0.25, 0.3) is 0 Å². The van der Waals surface area contributed by atoms with E-state index in [4.69, 9.17) is 9.79 Å². The molecule has 0 aliphatic rings. The highest BCUT2D eigenvalue weighted by Crippen LogP contribution is 2.42. The van der Waals surface area contributed by atoms with E-state index in [1.807, 2.05) is 13.8 Å². The Morgan fingerprint density at radius 1 is 1.50 bits per heavy atom. The summed E-state index contributed by atoms with van der Waals surface area (Å²) in [6.45, 7) is 4.86. The summed E-state index contributed by atoms with van der Waals surface area (Å²) in [6, 6.07) is 0. The third-order valence-corrected chi connectivity index (χ3v) is 1.73. The molecule has 0 rings (SSSR count). The van der Waals surface area contributed by atoms with Crippen LogP contribution in [0.25, 0.3) is 0 Å². The van der Waals surface area contributed by atoms with Crippen molar-refractivity contribution in [1.29, 1.82) is 0 Å². The van der Waals surface area contributed by atoms with Crippen molar-refractivity contribution in [2.45, 2.75) is 33.0 Å². The zero-order chi connectivity index (χ0) is 9.99. The first kappa shape index (κ1) is 12.1. The van der Waals surface area contributed by atoms with Crippen LogP contribution >= 0.6 is 7.82 Å². The van der Waals surface area contributed by atoms with Crippen LogP contribution in [0.1, 0.15) is 27.2 Å². The standard InChI is InChI=1S/C6H15O5P/c1-5(2)4-6(3,7)11-12(8,9)10/h5,7H,4H2,1-3H3,(H2,8,9,10). The first-order valence-electron chi connectivity index (χ1n) is 3.61. The van der Waals surface area contributed by atoms with Crippen molar-refractivity contribution >= 4 is 7.82 Å². The zero-order valence-corrected chi connectivity index (χ0v) is 8.28. The van der Waals surface area contributed by atoms with E-state index < -0.39 is 13.6 Å². The summed E-state index contributed by atoms with van der Waals surface area (Å²) < 4.78 is 14.5. The molecule has 0 spiro atoms. The summed E-state index contributed by atoms with van der Waals surface area (Å²) in [5.41, 5.74) is 0. The van der Waals surface area contributed by atoms with E-state index in [0.717, 1.165) is 0 Å². The van der Waals surface area contributed by atoms with Crippen molar-refractivity contribution < 1.29 is 24.0 Å². The predicted molar refractivity (Wildman–Crippen MR) is 43.2 cm³/mol. The summed E-state index contributed by atoms with van der Waals surface area (Å²) >= 11 is 0. The first-order valence-corrected chi connectivity index (χ1v) is 5.14. The average molecular weight is 198 g/mol. The van der Waals surface area contributed by atoms with Crippen LogP contribution in [-0.4, -0.2) is 20.7 Å². The van der Waals surface area contributed by atoms with Crippen LogP contribution in [0.15, 0.2) is 0 Å². The second-order valence-electron chi connectivity index (χ2n) is 3.35. The van der Waals surface area contributed by atoms with Gasteiger partial charge in [-0.15, -0.1) is 0 Å². The van der Waals surface area contributed by atoms with Crippen molar-refractivity contribution in [2.24, 2.45) is 5.92 Å². The van der Waals surface area contributed by atoms with Gasteiger partial charge in [-0.25, -0.2) is 4.57 Å². The summed E-state index contributed by atoms with van der Waals surface area (Å²) in [5.74, 6) is -1.65. The number of phosphoric ester groups is 1. The number of hydrogen-bond donors (Lipinski definition) is 3. The Morgan fingerprint density at radius 3 is 2.17 bits per heavy atom. The molecule has 0 bridgehead atoms. The topological polar surface area (TPSA) is 87.0 Å². The minimum Gasteiger partial charge on any atom is -0.365 e. The highest BCUT2D eigenvalue weighted by Gasteiger charge is 2.31. The monoisotopic (exact) mass is 198 g/mol. The molecule has 12 heavy (non-hydrogen) atoms. The quantitative estimate of drug-likeness (QED) is 0.460. The van der Waals surface area contributed by atoms with Gasteiger partial charge in [-0.1, -0.05) is 13.8 Å². The lowest BCUT2D eigenvalue weighted by Crippen LogP contribution is -2.28. The normalized spacial score (nSPS) is 17.9. The smallest absolute Gasteiger partial charge is 0.365 e. The van der Waals surface area contributed by atoms with Gasteiger partial charge in [-0.3, -0.25) is 4.52 Å². The Kier molecular flexibility index (Phi) is 3.87. The van der Waals surface area contributed by atoms with Crippen LogP contribution in [0.4, 0.5) is 0 Å². The molecule has 5 nitrogen and oxygen atoms in total. The molecule has 3 N–H and O–H groups in total. The fourth-order valence-corrected chi connectivity index (χ4v) is 1.64. The molecule has 0 aromatic carbocycles. The molecule has 6 heteroatoms. The predicted octanol–water partition coefficient (Wildman–Crippen LogP) is 0.850. The first-order chi connectivity index (χ1) is 5.12. The molecule has 0 saturated carbocycles. The van der Waals surface area contributed by atoms with Crippen LogP contribution in [-0.2, 0) is 9.09 Å². The number of aliphatic hydroxyl groups is 1. The molecule has 0 amide bonds. The average Bonchev–Trinajstić information content (AvgIpc) is 1.48. The molecule has 0 fully saturated rings. The van der Waals surface area contributed by atoms with Gasteiger partial charge < -0.3 is 14.9 Å². The van der Waals surface area contributed by atoms with E-state index in [2.05, 4.69) is 4.52 Å². The van der Waals surface area contributed by atoms with Crippen molar-refractivity contribution in [3.8, 4) is 0 Å². The molecule has 0 saturated heterocycles. The number of phosphoric acid groups is 1. The second kappa shape index (κ2) is 3.85. The molecule has 0 radical (unpaired) electrons. The van der Waals surface area contributed by atoms with Crippen molar-refractivity contribution in [2.75, 3.05) is 0 Å². The largest absolute Gasteiger partial charge is 0.472 e. The third kappa shape index (κ3) is 6.76. The summed E-state index contributed by atoms with van der Waals surface area (Å²) in [4.78, 5) is 16.8. The van der Waals surface area contributed by atoms with Gasteiger partial charge in [-0.05, 0) is 12.8 Å². The maximum atomic E-state index is 10.3. The molecule has 1 atom stereocenters. The molecular formula is C6H15O5P. The SMILES string of the molecule is CC(C)CC(C)(O)OP(=O)(O)O. The van der Waals surface area contributed by atoms with Gasteiger partial charge in [0, 0.05) is 6.42 Å². The molecule has 0 aromatic rings. The van der Waals surface area contributed by atoms with Gasteiger partial charge in [0.1, 0.15) is 0 Å². The summed E-state index contributed by atoms with van der Waals surface area (Å²) in [7, 11) is -4.59. The molecular weight excluding hydrogens is 183 g/mol. The van der Waals surface area contributed by atoms with E-state index in [-0.39, 0.29) is 12.3 Å². The van der Waals surface area contributed by atoms with Crippen LogP contribution in [0.5, 0.6) is 0 Å². The molecule has 0 aliphatic heterocycles. The van der Waals surface area contributed by atoms with Crippen molar-refractivity contribution in [3.63, 3.8) is 0 Å². The molecule has 74 valence electrons. The maximum absolute atomic E-state index is 10.3. The molecule has 0 aliphatic carbocycles. The molecule has 0 aromatic heterocycles. The lowest BCUT2D eigenvalue weighted by molar-refractivity contribution is -0.145. The van der Waals surface area contributed by atoms with Crippen LogP contribution in [0.3, 0.4) is 0 Å². The van der Waals surface area contributed by atoms with E-state index in [1.165, 1.54) is 6.92 Å². The van der Waals surface area contributed by atoms with Crippen LogP contribution in [0, 0.1) is 5.92 Å². The summed E-state index contributed by atoms with van der Waals surface area (Å²) in [6.07, 6.45) is 0.179. The van der Waals surface area contributed by atoms with E-state index >= 15 is 0 Å². The fraction of sp³-hybridized carbons (Fsp3) is 1.00. The van der Waals surface area contributed by atoms with Gasteiger partial charge in [0.2, 0.25) is 0 Å². The lowest BCUT2D eigenvalue weighted by Gasteiger charge is -2.25. The lowest BCUT2D eigenvalue weighted by atomic mass is 10.1. The fourth-order valence-electron chi connectivity index (χ4n) is 1.05. The zero-order valence-electron chi connectivity index (χ0n) is 7.39. The van der Waals surface area contributed by atoms with Crippen molar-refractivity contribution in [1.82, 2.24) is 0 Å². The Balaban J connectivity index is 4.14. The van der Waals surface area contributed by atoms with Gasteiger partial charge in [-0.2, -0.15) is 0 Å². The van der Waals surface area contributed by atoms with E-state index in [9.17, 15) is 9.67 Å². The molecule has 0 heterocycles. The minimum absolute atomic E-state index is 0.103. The van der Waals surface area contributed by atoms with Crippen molar-refractivity contribution in [3.05, 3.63) is 0 Å². The second-order valence-corrected chi connectivity index (χ2v) is 4.52. The Bertz CT molecular complexity index is 182. The number of rotatable bonds is 4. The van der Waals surface area contributed by atoms with E-state index in [1.54, 1.807) is 0 Å².